The number of non-ortho nitro benzene ring substituents is 1. The Bertz CT molecular complexity index is 785. The molecular weight excluding hydrogens is 343 g/mol. The largest absolute Gasteiger partial charge is 0.329 e. The molecule has 0 aliphatic heterocycles. The number of nitrogens with one attached hydrogen (secondary N) is 2. The molecule has 0 fully saturated rings. The Morgan fingerprint density at radius 1 is 1.35 bits per heavy atom. The van der Waals surface area contributed by atoms with Crippen LogP contribution in [0.25, 0.3) is 0 Å². The van der Waals surface area contributed by atoms with Crippen LogP contribution in [0.2, 0.25) is 5.02 Å². The van der Waals surface area contributed by atoms with Gasteiger partial charge in [0.2, 0.25) is 0 Å². The summed E-state index contributed by atoms with van der Waals surface area (Å²) in [6.45, 7) is 0. The van der Waals surface area contributed by atoms with Gasteiger partial charge in [0.25, 0.3) is 5.69 Å². The number of halogens is 2. The number of para-hydroxylation sites is 1. The molecule has 23 heavy (non-hydrogen) atoms. The van der Waals surface area contributed by atoms with Crippen LogP contribution in [0.4, 0.5) is 15.8 Å². The van der Waals surface area contributed by atoms with E-state index in [9.17, 15) is 14.5 Å². The van der Waals surface area contributed by atoms with Crippen molar-refractivity contribution in [3.05, 3.63) is 69.0 Å². The fraction of sp³-hybridized carbons (Fsp3) is 0. The average Bonchev–Trinajstić information content (AvgIpc) is 2.51. The first-order chi connectivity index (χ1) is 11.0. The van der Waals surface area contributed by atoms with E-state index in [1.165, 1.54) is 36.5 Å². The maximum Gasteiger partial charge on any atom is 0.270 e. The third-order valence-electron chi connectivity index (χ3n) is 2.68. The Balaban J connectivity index is 2.01. The van der Waals surface area contributed by atoms with Gasteiger partial charge < -0.3 is 5.32 Å². The molecule has 2 aromatic carbocycles. The predicted molar refractivity (Wildman–Crippen MR) is 91.5 cm³/mol. The van der Waals surface area contributed by atoms with Crippen molar-refractivity contribution in [2.45, 2.75) is 0 Å². The lowest BCUT2D eigenvalue weighted by molar-refractivity contribution is -0.384. The predicted octanol–water partition coefficient (Wildman–Crippen LogP) is 3.71. The van der Waals surface area contributed by atoms with Crippen molar-refractivity contribution in [1.29, 1.82) is 0 Å². The van der Waals surface area contributed by atoms with Crippen LogP contribution in [0, 0.1) is 15.9 Å². The number of nitro benzene ring substituents is 1. The summed E-state index contributed by atoms with van der Waals surface area (Å²) in [5.74, 6) is -0.456. The molecule has 2 N–H and O–H groups in total. The first-order valence-corrected chi connectivity index (χ1v) is 7.04. The van der Waals surface area contributed by atoms with Crippen LogP contribution in [-0.2, 0) is 0 Å². The van der Waals surface area contributed by atoms with Gasteiger partial charge in [-0.05, 0) is 30.4 Å². The third kappa shape index (κ3) is 4.70. The van der Waals surface area contributed by atoms with Crippen LogP contribution in [0.15, 0.2) is 47.6 Å². The van der Waals surface area contributed by atoms with E-state index in [-0.39, 0.29) is 16.5 Å². The van der Waals surface area contributed by atoms with E-state index in [1.807, 2.05) is 0 Å². The quantitative estimate of drug-likeness (QED) is 0.379. The second-order valence-electron chi connectivity index (χ2n) is 4.27. The molecule has 2 aromatic rings. The highest BCUT2D eigenvalue weighted by molar-refractivity contribution is 7.80. The standard InChI is InChI=1S/C14H10ClFN4O2S/c15-11-6-5-10(20(21)22)7-9(11)8-17-19-14(23)18-13-4-2-1-3-12(13)16/h1-8H,(H2,18,19,23)/b17-8-. The topological polar surface area (TPSA) is 79.6 Å². The van der Waals surface area contributed by atoms with E-state index in [4.69, 9.17) is 23.8 Å². The first kappa shape index (κ1) is 16.8. The van der Waals surface area contributed by atoms with Crippen molar-refractivity contribution in [3.63, 3.8) is 0 Å². The van der Waals surface area contributed by atoms with Crippen molar-refractivity contribution in [1.82, 2.24) is 5.43 Å². The zero-order chi connectivity index (χ0) is 16.8. The Labute approximate surface area is 141 Å². The fourth-order valence-electron chi connectivity index (χ4n) is 1.62. The van der Waals surface area contributed by atoms with Crippen molar-refractivity contribution < 1.29 is 9.31 Å². The third-order valence-corrected chi connectivity index (χ3v) is 3.22. The van der Waals surface area contributed by atoms with Crippen LogP contribution >= 0.6 is 23.8 Å². The Hall–Kier alpha value is -2.58. The van der Waals surface area contributed by atoms with Gasteiger partial charge in [0, 0.05) is 22.7 Å². The van der Waals surface area contributed by atoms with E-state index in [0.29, 0.717) is 10.6 Å². The van der Waals surface area contributed by atoms with Crippen molar-refractivity contribution in [2.75, 3.05) is 5.32 Å². The van der Waals surface area contributed by atoms with Crippen LogP contribution < -0.4 is 10.7 Å². The minimum absolute atomic E-state index is 0.0629. The molecule has 0 aliphatic rings. The number of thiocarbonyl (C=S) groups is 1. The highest BCUT2D eigenvalue weighted by atomic mass is 35.5. The van der Waals surface area contributed by atoms with E-state index in [0.717, 1.165) is 0 Å². The first-order valence-electron chi connectivity index (χ1n) is 6.26. The molecule has 0 aliphatic carbocycles. The van der Waals surface area contributed by atoms with Crippen LogP contribution in [0.5, 0.6) is 0 Å². The number of rotatable bonds is 4. The summed E-state index contributed by atoms with van der Waals surface area (Å²) in [7, 11) is 0. The lowest BCUT2D eigenvalue weighted by Crippen LogP contribution is -2.24. The molecule has 118 valence electrons. The van der Waals surface area contributed by atoms with E-state index < -0.39 is 10.7 Å². The molecule has 0 heterocycles. The zero-order valence-electron chi connectivity index (χ0n) is 11.5. The molecule has 2 rings (SSSR count). The Morgan fingerprint density at radius 3 is 2.78 bits per heavy atom. The van der Waals surface area contributed by atoms with E-state index in [2.05, 4.69) is 15.8 Å². The van der Waals surface area contributed by atoms with Gasteiger partial charge in [-0.3, -0.25) is 15.5 Å². The van der Waals surface area contributed by atoms with Crippen LogP contribution in [0.1, 0.15) is 5.56 Å². The smallest absolute Gasteiger partial charge is 0.270 e. The van der Waals surface area contributed by atoms with Gasteiger partial charge in [0.1, 0.15) is 5.82 Å². The second kappa shape index (κ2) is 7.61. The van der Waals surface area contributed by atoms with Gasteiger partial charge in [-0.2, -0.15) is 5.10 Å². The van der Waals surface area contributed by atoms with E-state index >= 15 is 0 Å². The minimum Gasteiger partial charge on any atom is -0.329 e. The summed E-state index contributed by atoms with van der Waals surface area (Å²) in [6, 6.07) is 9.98. The van der Waals surface area contributed by atoms with Crippen molar-refractivity contribution in [2.24, 2.45) is 5.10 Å². The number of hydrogen-bond donors (Lipinski definition) is 2. The van der Waals surface area contributed by atoms with Gasteiger partial charge in [-0.25, -0.2) is 4.39 Å². The summed E-state index contributed by atoms with van der Waals surface area (Å²) >= 11 is 10.9. The van der Waals surface area contributed by atoms with Crippen molar-refractivity contribution in [3.8, 4) is 0 Å². The normalized spacial score (nSPS) is 10.5. The fourth-order valence-corrected chi connectivity index (χ4v) is 1.95. The lowest BCUT2D eigenvalue weighted by Gasteiger charge is -2.07. The van der Waals surface area contributed by atoms with Crippen LogP contribution in [0.3, 0.4) is 0 Å². The monoisotopic (exact) mass is 352 g/mol. The molecule has 9 heteroatoms. The van der Waals surface area contributed by atoms with Gasteiger partial charge >= 0.3 is 0 Å². The number of hydrazone groups is 1. The molecule has 0 saturated heterocycles. The van der Waals surface area contributed by atoms with Gasteiger partial charge in [0.05, 0.1) is 16.8 Å². The molecule has 0 atom stereocenters. The highest BCUT2D eigenvalue weighted by Gasteiger charge is 2.08. The zero-order valence-corrected chi connectivity index (χ0v) is 13.1. The number of nitrogens with zero attached hydrogens (tertiary/aromatic N) is 2. The number of anilines is 1. The van der Waals surface area contributed by atoms with Gasteiger partial charge in [-0.15, -0.1) is 0 Å². The molecule has 0 aromatic heterocycles. The SMILES string of the molecule is O=[N+]([O-])c1ccc(Cl)c(/C=N\NC(=S)Nc2ccccc2F)c1. The molecule has 0 bridgehead atoms. The average molecular weight is 353 g/mol. The van der Waals surface area contributed by atoms with Crippen molar-refractivity contribution >= 4 is 46.5 Å². The Morgan fingerprint density at radius 2 is 2.09 bits per heavy atom. The molecule has 0 saturated carbocycles. The molecule has 0 amide bonds. The Kier molecular flexibility index (Phi) is 5.56. The molecule has 6 nitrogen and oxygen atoms in total. The summed E-state index contributed by atoms with van der Waals surface area (Å²) in [5.41, 5.74) is 2.92. The maximum absolute atomic E-state index is 13.4. The second-order valence-corrected chi connectivity index (χ2v) is 5.08. The molecule has 0 unspecified atom stereocenters. The molecular formula is C14H10ClFN4O2S. The number of hydrogen-bond acceptors (Lipinski definition) is 4. The van der Waals surface area contributed by atoms with E-state index in [1.54, 1.807) is 12.1 Å². The number of nitro groups is 1. The maximum atomic E-state index is 13.4. The molecule has 0 radical (unpaired) electrons. The highest BCUT2D eigenvalue weighted by Crippen LogP contribution is 2.20. The summed E-state index contributed by atoms with van der Waals surface area (Å²) in [4.78, 5) is 10.2. The summed E-state index contributed by atoms with van der Waals surface area (Å²) in [6.07, 6.45) is 1.28. The summed E-state index contributed by atoms with van der Waals surface area (Å²) < 4.78 is 13.4. The minimum atomic E-state index is -0.536. The lowest BCUT2D eigenvalue weighted by atomic mass is 10.2. The van der Waals surface area contributed by atoms with Gasteiger partial charge in [0.15, 0.2) is 5.11 Å². The number of benzene rings is 2. The van der Waals surface area contributed by atoms with Gasteiger partial charge in [-0.1, -0.05) is 23.7 Å². The summed E-state index contributed by atoms with van der Waals surface area (Å²) in [5, 5.41) is 17.5. The van der Waals surface area contributed by atoms with Crippen LogP contribution in [-0.4, -0.2) is 16.3 Å². The molecule has 0 spiro atoms.